The van der Waals surface area contributed by atoms with Gasteiger partial charge in [0, 0.05) is 17.2 Å². The SMILES string of the molecule is CCCn1nncc1C(O)C1CSc2ccccc2O1. The third kappa shape index (κ3) is 2.53. The van der Waals surface area contributed by atoms with Crippen molar-refractivity contribution in [3.05, 3.63) is 36.2 Å². The number of aliphatic hydroxyl groups excluding tert-OH is 1. The Labute approximate surface area is 121 Å². The molecule has 1 aromatic heterocycles. The van der Waals surface area contributed by atoms with Crippen LogP contribution in [0.3, 0.4) is 0 Å². The summed E-state index contributed by atoms with van der Waals surface area (Å²) in [7, 11) is 0. The number of aliphatic hydroxyl groups is 1. The fourth-order valence-electron chi connectivity index (χ4n) is 2.26. The van der Waals surface area contributed by atoms with E-state index in [1.807, 2.05) is 24.3 Å². The molecule has 0 aliphatic carbocycles. The number of nitrogens with zero attached hydrogens (tertiary/aromatic N) is 3. The van der Waals surface area contributed by atoms with E-state index in [2.05, 4.69) is 17.2 Å². The minimum Gasteiger partial charge on any atom is -0.485 e. The van der Waals surface area contributed by atoms with E-state index >= 15 is 0 Å². The second-order valence-corrected chi connectivity index (χ2v) is 5.80. The Morgan fingerprint density at radius 2 is 2.35 bits per heavy atom. The Morgan fingerprint density at radius 1 is 1.50 bits per heavy atom. The van der Waals surface area contributed by atoms with Gasteiger partial charge in [-0.15, -0.1) is 16.9 Å². The first-order valence-electron chi connectivity index (χ1n) is 6.74. The number of rotatable bonds is 4. The highest BCUT2D eigenvalue weighted by Crippen LogP contribution is 2.38. The van der Waals surface area contributed by atoms with Crippen molar-refractivity contribution in [1.82, 2.24) is 15.0 Å². The third-order valence-electron chi connectivity index (χ3n) is 3.27. The molecule has 2 heterocycles. The Hall–Kier alpha value is -1.53. The predicted molar refractivity (Wildman–Crippen MR) is 76.9 cm³/mol. The van der Waals surface area contributed by atoms with E-state index in [4.69, 9.17) is 4.74 Å². The van der Waals surface area contributed by atoms with Gasteiger partial charge in [-0.1, -0.05) is 24.3 Å². The zero-order valence-electron chi connectivity index (χ0n) is 11.3. The van der Waals surface area contributed by atoms with Crippen LogP contribution < -0.4 is 4.74 Å². The van der Waals surface area contributed by atoms with Gasteiger partial charge < -0.3 is 9.84 Å². The van der Waals surface area contributed by atoms with E-state index < -0.39 is 6.10 Å². The zero-order valence-corrected chi connectivity index (χ0v) is 12.1. The lowest BCUT2D eigenvalue weighted by molar-refractivity contribution is 0.0396. The fourth-order valence-corrected chi connectivity index (χ4v) is 3.29. The number of hydrogen-bond acceptors (Lipinski definition) is 5. The molecule has 5 nitrogen and oxygen atoms in total. The number of para-hydroxylation sites is 1. The normalized spacial score (nSPS) is 19.2. The van der Waals surface area contributed by atoms with Crippen LogP contribution in [0.4, 0.5) is 0 Å². The molecule has 1 aromatic carbocycles. The summed E-state index contributed by atoms with van der Waals surface area (Å²) in [5.41, 5.74) is 0.719. The molecular weight excluding hydrogens is 274 g/mol. The third-order valence-corrected chi connectivity index (χ3v) is 4.41. The molecule has 0 bridgehead atoms. The number of benzene rings is 1. The van der Waals surface area contributed by atoms with E-state index in [-0.39, 0.29) is 6.10 Å². The summed E-state index contributed by atoms with van der Waals surface area (Å²) in [6, 6.07) is 7.90. The Balaban J connectivity index is 1.78. The predicted octanol–water partition coefficient (Wildman–Crippen LogP) is 2.27. The van der Waals surface area contributed by atoms with Crippen molar-refractivity contribution in [3.8, 4) is 5.75 Å². The summed E-state index contributed by atoms with van der Waals surface area (Å²) in [5, 5.41) is 18.4. The standard InChI is InChI=1S/C14H17N3O2S/c1-2-7-17-10(8-15-16-17)14(18)12-9-20-13-6-4-3-5-11(13)19-12/h3-6,8,12,14,18H,2,7,9H2,1H3. The lowest BCUT2D eigenvalue weighted by atomic mass is 10.1. The van der Waals surface area contributed by atoms with Crippen molar-refractivity contribution in [2.45, 2.75) is 37.0 Å². The van der Waals surface area contributed by atoms with Crippen LogP contribution in [0.2, 0.25) is 0 Å². The lowest BCUT2D eigenvalue weighted by Crippen LogP contribution is -2.31. The van der Waals surface area contributed by atoms with Gasteiger partial charge in [-0.05, 0) is 18.6 Å². The second-order valence-electron chi connectivity index (χ2n) is 4.74. The van der Waals surface area contributed by atoms with Gasteiger partial charge in [0.15, 0.2) is 0 Å². The molecule has 0 fully saturated rings. The summed E-state index contributed by atoms with van der Waals surface area (Å²) >= 11 is 1.71. The average molecular weight is 291 g/mol. The number of aryl methyl sites for hydroxylation is 1. The Bertz CT molecular complexity index is 587. The minimum absolute atomic E-state index is 0.274. The molecule has 20 heavy (non-hydrogen) atoms. The van der Waals surface area contributed by atoms with Gasteiger partial charge in [-0.25, -0.2) is 4.68 Å². The summed E-state index contributed by atoms with van der Waals surface area (Å²) < 4.78 is 7.66. The molecule has 0 spiro atoms. The van der Waals surface area contributed by atoms with Crippen LogP contribution in [-0.4, -0.2) is 32.0 Å². The van der Waals surface area contributed by atoms with E-state index in [0.29, 0.717) is 0 Å². The van der Waals surface area contributed by atoms with E-state index in [9.17, 15) is 5.11 Å². The molecule has 2 unspecified atom stereocenters. The number of hydrogen-bond donors (Lipinski definition) is 1. The van der Waals surface area contributed by atoms with E-state index in [1.54, 1.807) is 22.6 Å². The molecule has 0 saturated carbocycles. The average Bonchev–Trinajstić information content (AvgIpc) is 2.94. The maximum absolute atomic E-state index is 10.5. The van der Waals surface area contributed by atoms with Crippen LogP contribution in [0.1, 0.15) is 25.1 Å². The topological polar surface area (TPSA) is 60.2 Å². The lowest BCUT2D eigenvalue weighted by Gasteiger charge is -2.29. The number of aromatic nitrogens is 3. The number of fused-ring (bicyclic) bond motifs is 1. The molecule has 1 aliphatic rings. The Morgan fingerprint density at radius 3 is 3.20 bits per heavy atom. The Kier molecular flexibility index (Phi) is 3.93. The highest BCUT2D eigenvalue weighted by Gasteiger charge is 2.30. The molecule has 0 saturated heterocycles. The van der Waals surface area contributed by atoms with Gasteiger partial charge in [0.2, 0.25) is 0 Å². The van der Waals surface area contributed by atoms with E-state index in [0.717, 1.165) is 35.1 Å². The molecule has 1 N–H and O–H groups in total. The van der Waals surface area contributed by atoms with Crippen molar-refractivity contribution in [2.24, 2.45) is 0 Å². The maximum Gasteiger partial charge on any atom is 0.140 e. The van der Waals surface area contributed by atoms with Crippen molar-refractivity contribution < 1.29 is 9.84 Å². The summed E-state index contributed by atoms with van der Waals surface area (Å²) in [6.45, 7) is 2.82. The van der Waals surface area contributed by atoms with Gasteiger partial charge in [0.05, 0.1) is 11.9 Å². The van der Waals surface area contributed by atoms with Crippen LogP contribution >= 0.6 is 11.8 Å². The zero-order chi connectivity index (χ0) is 13.9. The highest BCUT2D eigenvalue weighted by molar-refractivity contribution is 7.99. The highest BCUT2D eigenvalue weighted by atomic mass is 32.2. The van der Waals surface area contributed by atoms with Gasteiger partial charge in [-0.2, -0.15) is 0 Å². The smallest absolute Gasteiger partial charge is 0.140 e. The summed E-state index contributed by atoms with van der Waals surface area (Å²) in [6.07, 6.45) is 1.59. The van der Waals surface area contributed by atoms with E-state index in [1.165, 1.54) is 0 Å². The molecule has 6 heteroatoms. The first-order valence-corrected chi connectivity index (χ1v) is 7.73. The monoisotopic (exact) mass is 291 g/mol. The van der Waals surface area contributed by atoms with Gasteiger partial charge in [-0.3, -0.25) is 0 Å². The van der Waals surface area contributed by atoms with Crippen LogP contribution in [0.5, 0.6) is 5.75 Å². The molecule has 3 rings (SSSR count). The minimum atomic E-state index is -0.711. The summed E-state index contributed by atoms with van der Waals surface area (Å²) in [5.74, 6) is 1.55. The first-order chi connectivity index (χ1) is 9.79. The summed E-state index contributed by atoms with van der Waals surface area (Å²) in [4.78, 5) is 1.12. The van der Waals surface area contributed by atoms with Crippen molar-refractivity contribution >= 4 is 11.8 Å². The fraction of sp³-hybridized carbons (Fsp3) is 0.429. The molecule has 2 atom stereocenters. The van der Waals surface area contributed by atoms with Crippen molar-refractivity contribution in [2.75, 3.05) is 5.75 Å². The molecule has 2 aromatic rings. The van der Waals surface area contributed by atoms with Crippen molar-refractivity contribution in [3.63, 3.8) is 0 Å². The van der Waals surface area contributed by atoms with Crippen molar-refractivity contribution in [1.29, 1.82) is 0 Å². The first kappa shape index (κ1) is 13.5. The van der Waals surface area contributed by atoms with Crippen LogP contribution in [0.15, 0.2) is 35.4 Å². The van der Waals surface area contributed by atoms with Gasteiger partial charge >= 0.3 is 0 Å². The molecular formula is C14H17N3O2S. The number of ether oxygens (including phenoxy) is 1. The maximum atomic E-state index is 10.5. The van der Waals surface area contributed by atoms with Crippen LogP contribution in [0, 0.1) is 0 Å². The van der Waals surface area contributed by atoms with Gasteiger partial charge in [0.1, 0.15) is 18.0 Å². The van der Waals surface area contributed by atoms with Gasteiger partial charge in [0.25, 0.3) is 0 Å². The molecule has 0 amide bonds. The molecule has 0 radical (unpaired) electrons. The van der Waals surface area contributed by atoms with Crippen LogP contribution in [-0.2, 0) is 6.54 Å². The molecule has 106 valence electrons. The second kappa shape index (κ2) is 5.85. The number of thioether (sulfide) groups is 1. The largest absolute Gasteiger partial charge is 0.485 e. The quantitative estimate of drug-likeness (QED) is 0.936. The molecule has 1 aliphatic heterocycles. The van der Waals surface area contributed by atoms with Crippen LogP contribution in [0.25, 0.3) is 0 Å².